The number of benzene rings is 1. The summed E-state index contributed by atoms with van der Waals surface area (Å²) in [5.41, 5.74) is 1.30. The topological polar surface area (TPSA) is 51.2 Å². The van der Waals surface area contributed by atoms with Gasteiger partial charge in [-0.1, -0.05) is 19.9 Å². The van der Waals surface area contributed by atoms with Gasteiger partial charge in [-0.15, -0.1) is 0 Å². The first kappa shape index (κ1) is 10.4. The highest BCUT2D eigenvalue weighted by Crippen LogP contribution is 2.28. The van der Waals surface area contributed by atoms with E-state index in [1.54, 1.807) is 12.1 Å². The van der Waals surface area contributed by atoms with Gasteiger partial charge >= 0.3 is 0 Å². The van der Waals surface area contributed by atoms with Crippen LogP contribution in [0, 0.1) is 0 Å². The summed E-state index contributed by atoms with van der Waals surface area (Å²) in [6.07, 6.45) is 0. The van der Waals surface area contributed by atoms with Crippen molar-refractivity contribution < 1.29 is 13.2 Å². The Balaban J connectivity index is 2.68. The van der Waals surface area contributed by atoms with Crippen molar-refractivity contribution in [2.24, 2.45) is 0 Å². The monoisotopic (exact) mass is 224 g/mol. The Kier molecular flexibility index (Phi) is 2.19. The maximum Gasteiger partial charge on any atom is 0.186 e. The van der Waals surface area contributed by atoms with Crippen LogP contribution < -0.4 is 0 Å². The number of Topliss-reactive ketones (excluding diaryl/α,β-unsaturated/α-hetero) is 1. The van der Waals surface area contributed by atoms with Gasteiger partial charge in [-0.05, 0) is 23.6 Å². The van der Waals surface area contributed by atoms with Crippen molar-refractivity contribution in [3.8, 4) is 0 Å². The van der Waals surface area contributed by atoms with Gasteiger partial charge in [0.2, 0.25) is 0 Å². The SMILES string of the molecule is CC(C)c1ccc2c(c1)S(=O)(=O)CC2=O. The summed E-state index contributed by atoms with van der Waals surface area (Å²) in [6, 6.07) is 5.07. The second kappa shape index (κ2) is 3.17. The second-order valence-corrected chi connectivity index (χ2v) is 6.05. The molecule has 0 radical (unpaired) electrons. The third-order valence-electron chi connectivity index (χ3n) is 2.63. The average molecular weight is 224 g/mol. The Hall–Kier alpha value is -1.16. The summed E-state index contributed by atoms with van der Waals surface area (Å²) in [7, 11) is -3.36. The largest absolute Gasteiger partial charge is 0.293 e. The lowest BCUT2D eigenvalue weighted by Gasteiger charge is -2.06. The Morgan fingerprint density at radius 3 is 2.53 bits per heavy atom. The fraction of sp³-hybridized carbons (Fsp3) is 0.364. The molecule has 1 aliphatic rings. The Bertz CT molecular complexity index is 527. The fourth-order valence-corrected chi connectivity index (χ4v) is 3.20. The lowest BCUT2D eigenvalue weighted by molar-refractivity contribution is 0.102. The molecule has 0 amide bonds. The van der Waals surface area contributed by atoms with Crippen LogP contribution in [0.3, 0.4) is 0 Å². The number of sulfone groups is 1. The molecule has 80 valence electrons. The minimum absolute atomic E-state index is 0.207. The number of carbonyl (C=O) groups is 1. The minimum atomic E-state index is -3.36. The van der Waals surface area contributed by atoms with Gasteiger partial charge in [0.05, 0.1) is 4.90 Å². The van der Waals surface area contributed by atoms with E-state index in [1.807, 2.05) is 19.9 Å². The van der Waals surface area contributed by atoms with E-state index in [4.69, 9.17) is 0 Å². The predicted molar refractivity (Wildman–Crippen MR) is 56.9 cm³/mol. The van der Waals surface area contributed by atoms with Crippen LogP contribution in [-0.2, 0) is 9.84 Å². The van der Waals surface area contributed by atoms with Crippen molar-refractivity contribution in [3.63, 3.8) is 0 Å². The summed E-state index contributed by atoms with van der Waals surface area (Å²) in [5, 5.41) is 0. The van der Waals surface area contributed by atoms with Gasteiger partial charge in [0.25, 0.3) is 0 Å². The van der Waals surface area contributed by atoms with Gasteiger partial charge < -0.3 is 0 Å². The molecule has 2 rings (SSSR count). The molecule has 0 saturated carbocycles. The molecule has 1 aromatic rings. The molecule has 15 heavy (non-hydrogen) atoms. The van der Waals surface area contributed by atoms with E-state index in [1.165, 1.54) is 0 Å². The molecule has 0 unspecified atom stereocenters. The minimum Gasteiger partial charge on any atom is -0.293 e. The zero-order valence-electron chi connectivity index (χ0n) is 8.65. The number of fused-ring (bicyclic) bond motifs is 1. The van der Waals surface area contributed by atoms with E-state index < -0.39 is 9.84 Å². The van der Waals surface area contributed by atoms with Gasteiger partial charge in [-0.3, -0.25) is 4.79 Å². The number of hydrogen-bond donors (Lipinski definition) is 0. The molecule has 0 N–H and O–H groups in total. The second-order valence-electron chi connectivity index (χ2n) is 4.09. The van der Waals surface area contributed by atoms with Crippen molar-refractivity contribution in [2.75, 3.05) is 5.75 Å². The van der Waals surface area contributed by atoms with Crippen molar-refractivity contribution >= 4 is 15.6 Å². The lowest BCUT2D eigenvalue weighted by atomic mass is 10.0. The molecule has 1 heterocycles. The molecule has 0 atom stereocenters. The van der Waals surface area contributed by atoms with Gasteiger partial charge in [0, 0.05) is 5.56 Å². The number of ketones is 1. The van der Waals surface area contributed by atoms with Crippen LogP contribution in [0.1, 0.15) is 35.7 Å². The summed E-state index contributed by atoms with van der Waals surface area (Å²) in [4.78, 5) is 11.6. The van der Waals surface area contributed by atoms with Gasteiger partial charge in [0.15, 0.2) is 15.6 Å². The van der Waals surface area contributed by atoms with Crippen LogP contribution in [0.25, 0.3) is 0 Å². The van der Waals surface area contributed by atoms with Gasteiger partial charge in [0.1, 0.15) is 5.75 Å². The average Bonchev–Trinajstić information content (AvgIpc) is 2.37. The first-order valence-electron chi connectivity index (χ1n) is 4.82. The van der Waals surface area contributed by atoms with Crippen molar-refractivity contribution in [1.29, 1.82) is 0 Å². The summed E-state index contributed by atoms with van der Waals surface area (Å²) < 4.78 is 23.2. The molecule has 0 fully saturated rings. The Morgan fingerprint density at radius 1 is 1.27 bits per heavy atom. The molecular formula is C11H12O3S. The predicted octanol–water partition coefficient (Wildman–Crippen LogP) is 1.78. The van der Waals surface area contributed by atoms with Crippen molar-refractivity contribution in [2.45, 2.75) is 24.7 Å². The normalized spacial score (nSPS) is 18.2. The molecule has 0 saturated heterocycles. The van der Waals surface area contributed by atoms with E-state index in [-0.39, 0.29) is 22.3 Å². The van der Waals surface area contributed by atoms with Crippen LogP contribution in [0.5, 0.6) is 0 Å². The molecule has 0 bridgehead atoms. The van der Waals surface area contributed by atoms with Crippen LogP contribution in [0.2, 0.25) is 0 Å². The molecule has 1 aliphatic heterocycles. The van der Waals surface area contributed by atoms with E-state index >= 15 is 0 Å². The highest BCUT2D eigenvalue weighted by atomic mass is 32.2. The smallest absolute Gasteiger partial charge is 0.186 e. The van der Waals surface area contributed by atoms with E-state index in [0.717, 1.165) is 5.56 Å². The standard InChI is InChI=1S/C11H12O3S/c1-7(2)8-3-4-9-10(12)6-15(13,14)11(9)5-8/h3-5,7H,6H2,1-2H3. The fourth-order valence-electron chi connectivity index (χ4n) is 1.71. The molecule has 0 aromatic heterocycles. The molecule has 3 nitrogen and oxygen atoms in total. The third-order valence-corrected chi connectivity index (χ3v) is 4.28. The highest BCUT2D eigenvalue weighted by molar-refractivity contribution is 7.92. The lowest BCUT2D eigenvalue weighted by Crippen LogP contribution is -2.03. The summed E-state index contributed by atoms with van der Waals surface area (Å²) >= 11 is 0. The summed E-state index contributed by atoms with van der Waals surface area (Å²) in [6.45, 7) is 3.98. The van der Waals surface area contributed by atoms with E-state index in [2.05, 4.69) is 0 Å². The first-order chi connectivity index (χ1) is 6.92. The van der Waals surface area contributed by atoms with E-state index in [0.29, 0.717) is 5.56 Å². The van der Waals surface area contributed by atoms with E-state index in [9.17, 15) is 13.2 Å². The molecule has 4 heteroatoms. The van der Waals surface area contributed by atoms with Crippen molar-refractivity contribution in [1.82, 2.24) is 0 Å². The zero-order valence-corrected chi connectivity index (χ0v) is 9.47. The maximum absolute atomic E-state index is 11.6. The number of rotatable bonds is 1. The zero-order chi connectivity index (χ0) is 11.2. The maximum atomic E-state index is 11.6. The quantitative estimate of drug-likeness (QED) is 0.730. The molecule has 0 spiro atoms. The first-order valence-corrected chi connectivity index (χ1v) is 6.47. The van der Waals surface area contributed by atoms with Gasteiger partial charge in [-0.2, -0.15) is 0 Å². The van der Waals surface area contributed by atoms with Crippen LogP contribution >= 0.6 is 0 Å². The molecule has 0 aliphatic carbocycles. The Labute approximate surface area is 89.0 Å². The summed E-state index contributed by atoms with van der Waals surface area (Å²) in [5.74, 6) is -0.398. The number of carbonyl (C=O) groups excluding carboxylic acids is 1. The van der Waals surface area contributed by atoms with Gasteiger partial charge in [-0.25, -0.2) is 8.42 Å². The van der Waals surface area contributed by atoms with Crippen LogP contribution in [-0.4, -0.2) is 20.0 Å². The van der Waals surface area contributed by atoms with Crippen LogP contribution in [0.15, 0.2) is 23.1 Å². The van der Waals surface area contributed by atoms with Crippen molar-refractivity contribution in [3.05, 3.63) is 29.3 Å². The molecular weight excluding hydrogens is 212 g/mol. The third kappa shape index (κ3) is 1.59. The Morgan fingerprint density at radius 2 is 1.93 bits per heavy atom. The highest BCUT2D eigenvalue weighted by Gasteiger charge is 2.33. The molecule has 1 aromatic carbocycles. The number of hydrogen-bond acceptors (Lipinski definition) is 3. The van der Waals surface area contributed by atoms with Crippen LogP contribution in [0.4, 0.5) is 0 Å².